The Hall–Kier alpha value is -1.92. The minimum Gasteiger partial charge on any atom is -0.507 e. The number of phenols is 1. The lowest BCUT2D eigenvalue weighted by Gasteiger charge is -2.35. The Labute approximate surface area is 136 Å². The highest BCUT2D eigenvalue weighted by molar-refractivity contribution is 5.81. The molecule has 1 amide bonds. The summed E-state index contributed by atoms with van der Waals surface area (Å²) in [5.41, 5.74) is 2.27. The number of hydrogen-bond donors (Lipinski definition) is 1. The fourth-order valence-electron chi connectivity index (χ4n) is 3.22. The van der Waals surface area contributed by atoms with Crippen molar-refractivity contribution in [2.45, 2.75) is 13.0 Å². The van der Waals surface area contributed by atoms with Gasteiger partial charge in [-0.3, -0.25) is 14.5 Å². The molecule has 23 heavy (non-hydrogen) atoms. The van der Waals surface area contributed by atoms with E-state index in [4.69, 9.17) is 0 Å². The van der Waals surface area contributed by atoms with Gasteiger partial charge in [-0.25, -0.2) is 0 Å². The Bertz CT molecular complexity index is 609. The third kappa shape index (κ3) is 3.54. The molecule has 1 aromatic rings. The Morgan fingerprint density at radius 3 is 2.61 bits per heavy atom. The summed E-state index contributed by atoms with van der Waals surface area (Å²) < 4.78 is 0. The summed E-state index contributed by atoms with van der Waals surface area (Å²) in [6, 6.07) is 3.36. The topological polar surface area (TPSA) is 64.1 Å². The normalized spacial score (nSPS) is 19.4. The van der Waals surface area contributed by atoms with Crippen LogP contribution in [0.25, 0.3) is 0 Å². The van der Waals surface area contributed by atoms with E-state index in [1.807, 2.05) is 4.90 Å². The fraction of sp³-hybridized carbons (Fsp3) is 0.529. The minimum absolute atomic E-state index is 0.0240. The van der Waals surface area contributed by atoms with Gasteiger partial charge in [-0.1, -0.05) is 0 Å². The van der Waals surface area contributed by atoms with Gasteiger partial charge in [-0.05, 0) is 36.7 Å². The van der Waals surface area contributed by atoms with Gasteiger partial charge in [-0.15, -0.1) is 0 Å². The van der Waals surface area contributed by atoms with E-state index in [9.17, 15) is 14.7 Å². The van der Waals surface area contributed by atoms with E-state index in [0.717, 1.165) is 43.7 Å². The predicted octanol–water partition coefficient (Wildman–Crippen LogP) is 0.337. The van der Waals surface area contributed by atoms with Crippen LogP contribution in [0.2, 0.25) is 0 Å². The van der Waals surface area contributed by atoms with Crippen LogP contribution in [0.5, 0.6) is 5.75 Å². The van der Waals surface area contributed by atoms with Crippen molar-refractivity contribution in [2.75, 3.05) is 46.3 Å². The van der Waals surface area contributed by atoms with Crippen molar-refractivity contribution in [1.82, 2.24) is 14.7 Å². The van der Waals surface area contributed by atoms with Crippen molar-refractivity contribution in [3.63, 3.8) is 0 Å². The summed E-state index contributed by atoms with van der Waals surface area (Å²) in [5, 5.41) is 9.76. The van der Waals surface area contributed by atoms with Gasteiger partial charge >= 0.3 is 0 Å². The molecule has 0 bridgehead atoms. The Balaban J connectivity index is 1.64. The van der Waals surface area contributed by atoms with E-state index in [-0.39, 0.29) is 17.2 Å². The number of benzene rings is 1. The van der Waals surface area contributed by atoms with Crippen LogP contribution in [0.3, 0.4) is 0 Å². The van der Waals surface area contributed by atoms with Gasteiger partial charge in [-0.2, -0.15) is 0 Å². The van der Waals surface area contributed by atoms with Crippen LogP contribution in [0.15, 0.2) is 12.1 Å². The van der Waals surface area contributed by atoms with E-state index in [1.54, 1.807) is 12.1 Å². The summed E-state index contributed by atoms with van der Waals surface area (Å²) in [5.74, 6) is 0.164. The number of nitrogens with zero attached hydrogens (tertiary/aromatic N) is 3. The van der Waals surface area contributed by atoms with Crippen molar-refractivity contribution in [3.05, 3.63) is 28.8 Å². The largest absolute Gasteiger partial charge is 0.507 e. The number of amides is 1. The monoisotopic (exact) mass is 317 g/mol. The number of rotatable bonds is 3. The molecule has 6 heteroatoms. The Morgan fingerprint density at radius 1 is 1.17 bits per heavy atom. The second-order valence-corrected chi connectivity index (χ2v) is 6.44. The third-order valence-corrected chi connectivity index (χ3v) is 4.80. The van der Waals surface area contributed by atoms with Crippen LogP contribution in [0.1, 0.15) is 21.5 Å². The van der Waals surface area contributed by atoms with Crippen LogP contribution in [-0.4, -0.2) is 78.3 Å². The van der Waals surface area contributed by atoms with E-state index < -0.39 is 0 Å². The summed E-state index contributed by atoms with van der Waals surface area (Å²) in [6.45, 7) is 5.49. The molecule has 0 saturated carbocycles. The average Bonchev–Trinajstić information content (AvgIpc) is 2.55. The van der Waals surface area contributed by atoms with Gasteiger partial charge in [0.25, 0.3) is 0 Å². The molecule has 2 aliphatic rings. The first kappa shape index (κ1) is 16.0. The lowest BCUT2D eigenvalue weighted by molar-refractivity contribution is -0.133. The van der Waals surface area contributed by atoms with Crippen LogP contribution in [-0.2, 0) is 17.8 Å². The lowest BCUT2D eigenvalue weighted by Crippen LogP contribution is -2.49. The van der Waals surface area contributed by atoms with Crippen LogP contribution in [0.4, 0.5) is 0 Å². The zero-order valence-corrected chi connectivity index (χ0v) is 13.5. The van der Waals surface area contributed by atoms with Crippen molar-refractivity contribution in [2.24, 2.45) is 0 Å². The SMILES string of the molecule is CN1CCN(CC(=O)N2CCc3cc(O)c(C=O)cc3C2)CC1. The van der Waals surface area contributed by atoms with Crippen molar-refractivity contribution in [3.8, 4) is 5.75 Å². The number of piperazine rings is 1. The van der Waals surface area contributed by atoms with Crippen molar-refractivity contribution in [1.29, 1.82) is 0 Å². The molecule has 1 aromatic carbocycles. The molecule has 2 heterocycles. The third-order valence-electron chi connectivity index (χ3n) is 4.80. The van der Waals surface area contributed by atoms with Gasteiger partial charge in [0.2, 0.25) is 5.91 Å². The first-order valence-electron chi connectivity index (χ1n) is 8.05. The number of aldehydes is 1. The highest BCUT2D eigenvalue weighted by Gasteiger charge is 2.24. The van der Waals surface area contributed by atoms with Gasteiger partial charge in [0, 0.05) is 39.3 Å². The molecule has 124 valence electrons. The highest BCUT2D eigenvalue weighted by Crippen LogP contribution is 2.26. The molecule has 1 fully saturated rings. The molecule has 0 radical (unpaired) electrons. The zero-order chi connectivity index (χ0) is 16.4. The number of fused-ring (bicyclic) bond motifs is 1. The summed E-state index contributed by atoms with van der Waals surface area (Å²) in [7, 11) is 2.10. The molecule has 0 spiro atoms. The van der Waals surface area contributed by atoms with Gasteiger partial charge in [0.05, 0.1) is 12.1 Å². The Morgan fingerprint density at radius 2 is 1.91 bits per heavy atom. The molecule has 6 nitrogen and oxygen atoms in total. The molecule has 2 aliphatic heterocycles. The first-order chi connectivity index (χ1) is 11.1. The molecule has 3 rings (SSSR count). The zero-order valence-electron chi connectivity index (χ0n) is 13.5. The maximum Gasteiger partial charge on any atom is 0.237 e. The number of carbonyl (C=O) groups is 2. The average molecular weight is 317 g/mol. The number of aromatic hydroxyl groups is 1. The van der Waals surface area contributed by atoms with Gasteiger partial charge in [0.15, 0.2) is 6.29 Å². The van der Waals surface area contributed by atoms with Crippen molar-refractivity contribution >= 4 is 12.2 Å². The van der Waals surface area contributed by atoms with Gasteiger partial charge < -0.3 is 14.9 Å². The molecular formula is C17H23N3O3. The van der Waals surface area contributed by atoms with Crippen LogP contribution >= 0.6 is 0 Å². The lowest BCUT2D eigenvalue weighted by atomic mass is 9.97. The number of likely N-dealkylation sites (N-methyl/N-ethyl adjacent to an activating group) is 1. The van der Waals surface area contributed by atoms with Crippen molar-refractivity contribution < 1.29 is 14.7 Å². The minimum atomic E-state index is 0.0240. The predicted molar refractivity (Wildman–Crippen MR) is 86.6 cm³/mol. The second-order valence-electron chi connectivity index (χ2n) is 6.44. The number of hydrogen-bond acceptors (Lipinski definition) is 5. The Kier molecular flexibility index (Phi) is 4.63. The molecular weight excluding hydrogens is 294 g/mol. The number of phenolic OH excluding ortho intramolecular Hbond substituents is 1. The van der Waals surface area contributed by atoms with Crippen LogP contribution in [0, 0.1) is 0 Å². The summed E-state index contributed by atoms with van der Waals surface area (Å²) >= 11 is 0. The van der Waals surface area contributed by atoms with Crippen LogP contribution < -0.4 is 0 Å². The van der Waals surface area contributed by atoms with E-state index in [2.05, 4.69) is 16.8 Å². The van der Waals surface area contributed by atoms with E-state index in [1.165, 1.54) is 0 Å². The standard InChI is InChI=1S/C17H23N3O3/c1-18-4-6-19(7-5-18)11-17(23)20-3-2-13-9-16(22)15(12-21)8-14(13)10-20/h8-9,12,22H,2-7,10-11H2,1H3. The van der Waals surface area contributed by atoms with E-state index >= 15 is 0 Å². The van der Waals surface area contributed by atoms with E-state index in [0.29, 0.717) is 25.9 Å². The van der Waals surface area contributed by atoms with Gasteiger partial charge in [0.1, 0.15) is 5.75 Å². The molecule has 0 unspecified atom stereocenters. The summed E-state index contributed by atoms with van der Waals surface area (Å²) in [6.07, 6.45) is 1.37. The smallest absolute Gasteiger partial charge is 0.237 e. The second kappa shape index (κ2) is 6.68. The molecule has 1 saturated heterocycles. The molecule has 0 atom stereocenters. The first-order valence-corrected chi connectivity index (χ1v) is 8.05. The number of carbonyl (C=O) groups excluding carboxylic acids is 2. The highest BCUT2D eigenvalue weighted by atomic mass is 16.3. The molecule has 0 aromatic heterocycles. The summed E-state index contributed by atoms with van der Waals surface area (Å²) in [4.78, 5) is 29.8. The maximum atomic E-state index is 12.5. The molecule has 1 N–H and O–H groups in total. The maximum absolute atomic E-state index is 12.5. The fourth-order valence-corrected chi connectivity index (χ4v) is 3.22. The molecule has 0 aliphatic carbocycles. The quantitative estimate of drug-likeness (QED) is 0.815.